The number of nitrogens with zero attached hydrogens (tertiary/aromatic N) is 3. The monoisotopic (exact) mass is 165 g/mol. The summed E-state index contributed by atoms with van der Waals surface area (Å²) in [5.74, 6) is 1.51. The van der Waals surface area contributed by atoms with Crippen LogP contribution in [0.2, 0.25) is 0 Å². The standard InChI is InChI=1S/C9H15N3/c1-3-7(2)9-10-6-12(11-9)8-4-5-8/h6-8H,3-5H2,1-2H3. The molecule has 0 spiro atoms. The van der Waals surface area contributed by atoms with Crippen molar-refractivity contribution in [1.82, 2.24) is 14.8 Å². The lowest BCUT2D eigenvalue weighted by atomic mass is 10.1. The summed E-state index contributed by atoms with van der Waals surface area (Å²) in [7, 11) is 0. The van der Waals surface area contributed by atoms with Gasteiger partial charge in [-0.15, -0.1) is 0 Å². The Balaban J connectivity index is 2.12. The molecule has 3 heteroatoms. The zero-order chi connectivity index (χ0) is 8.55. The van der Waals surface area contributed by atoms with Crippen molar-refractivity contribution in [2.45, 2.75) is 45.1 Å². The van der Waals surface area contributed by atoms with E-state index in [1.54, 1.807) is 0 Å². The van der Waals surface area contributed by atoms with Gasteiger partial charge in [-0.1, -0.05) is 13.8 Å². The minimum absolute atomic E-state index is 0.505. The number of hydrogen-bond donors (Lipinski definition) is 0. The lowest BCUT2D eigenvalue weighted by Crippen LogP contribution is -1.98. The predicted octanol–water partition coefficient (Wildman–Crippen LogP) is 2.13. The van der Waals surface area contributed by atoms with Gasteiger partial charge in [-0.25, -0.2) is 9.67 Å². The molecule has 12 heavy (non-hydrogen) atoms. The Bertz CT molecular complexity index is 262. The number of aromatic nitrogens is 3. The van der Waals surface area contributed by atoms with Crippen molar-refractivity contribution in [3.8, 4) is 0 Å². The molecule has 1 heterocycles. The summed E-state index contributed by atoms with van der Waals surface area (Å²) < 4.78 is 2.02. The van der Waals surface area contributed by atoms with Gasteiger partial charge in [-0.3, -0.25) is 0 Å². The molecule has 1 saturated carbocycles. The molecule has 0 saturated heterocycles. The maximum atomic E-state index is 4.45. The van der Waals surface area contributed by atoms with E-state index in [2.05, 4.69) is 23.9 Å². The Morgan fingerprint density at radius 2 is 2.42 bits per heavy atom. The Morgan fingerprint density at radius 3 is 3.00 bits per heavy atom. The third kappa shape index (κ3) is 1.36. The van der Waals surface area contributed by atoms with Crippen molar-refractivity contribution in [2.75, 3.05) is 0 Å². The van der Waals surface area contributed by atoms with Crippen LogP contribution in [0.5, 0.6) is 0 Å². The van der Waals surface area contributed by atoms with Crippen LogP contribution in [0, 0.1) is 0 Å². The van der Waals surface area contributed by atoms with Crippen molar-refractivity contribution in [3.05, 3.63) is 12.2 Å². The van der Waals surface area contributed by atoms with E-state index < -0.39 is 0 Å². The highest BCUT2D eigenvalue weighted by Crippen LogP contribution is 2.33. The van der Waals surface area contributed by atoms with Crippen LogP contribution in [-0.4, -0.2) is 14.8 Å². The summed E-state index contributed by atoms with van der Waals surface area (Å²) in [5.41, 5.74) is 0. The van der Waals surface area contributed by atoms with E-state index in [0.717, 1.165) is 12.2 Å². The van der Waals surface area contributed by atoms with E-state index in [1.165, 1.54) is 12.8 Å². The number of rotatable bonds is 3. The van der Waals surface area contributed by atoms with Gasteiger partial charge in [-0.2, -0.15) is 5.10 Å². The third-order valence-corrected chi connectivity index (χ3v) is 2.50. The highest BCUT2D eigenvalue weighted by Gasteiger charge is 2.25. The first-order valence-electron chi connectivity index (χ1n) is 4.72. The maximum absolute atomic E-state index is 4.45. The van der Waals surface area contributed by atoms with Crippen LogP contribution in [0.25, 0.3) is 0 Å². The molecule has 1 aromatic rings. The van der Waals surface area contributed by atoms with Crippen LogP contribution >= 0.6 is 0 Å². The van der Waals surface area contributed by atoms with Crippen LogP contribution in [0.1, 0.15) is 50.9 Å². The predicted molar refractivity (Wildman–Crippen MR) is 47.0 cm³/mol. The van der Waals surface area contributed by atoms with Gasteiger partial charge in [0.15, 0.2) is 5.82 Å². The molecule has 1 aliphatic carbocycles. The fourth-order valence-electron chi connectivity index (χ4n) is 1.21. The zero-order valence-electron chi connectivity index (χ0n) is 7.70. The van der Waals surface area contributed by atoms with E-state index in [0.29, 0.717) is 12.0 Å². The van der Waals surface area contributed by atoms with Crippen LogP contribution in [0.15, 0.2) is 6.33 Å². The molecule has 1 unspecified atom stereocenters. The second-order valence-corrected chi connectivity index (χ2v) is 3.62. The Morgan fingerprint density at radius 1 is 1.67 bits per heavy atom. The lowest BCUT2D eigenvalue weighted by molar-refractivity contribution is 0.605. The van der Waals surface area contributed by atoms with Crippen LogP contribution in [0.4, 0.5) is 0 Å². The lowest BCUT2D eigenvalue weighted by Gasteiger charge is -2.00. The van der Waals surface area contributed by atoms with Crippen LogP contribution in [0.3, 0.4) is 0 Å². The Kier molecular flexibility index (Phi) is 1.87. The molecule has 0 amide bonds. The SMILES string of the molecule is CCC(C)c1ncn(C2CC2)n1. The van der Waals surface area contributed by atoms with Crippen molar-refractivity contribution in [2.24, 2.45) is 0 Å². The first-order valence-corrected chi connectivity index (χ1v) is 4.72. The molecule has 0 radical (unpaired) electrons. The van der Waals surface area contributed by atoms with Gasteiger partial charge in [0.1, 0.15) is 6.33 Å². The third-order valence-electron chi connectivity index (χ3n) is 2.50. The highest BCUT2D eigenvalue weighted by atomic mass is 15.4. The molecule has 0 aromatic carbocycles. The van der Waals surface area contributed by atoms with E-state index in [1.807, 2.05) is 11.0 Å². The molecular weight excluding hydrogens is 150 g/mol. The molecule has 0 bridgehead atoms. The fourth-order valence-corrected chi connectivity index (χ4v) is 1.21. The van der Waals surface area contributed by atoms with Crippen molar-refractivity contribution < 1.29 is 0 Å². The first-order chi connectivity index (χ1) is 5.81. The Hall–Kier alpha value is -0.860. The highest BCUT2D eigenvalue weighted by molar-refractivity contribution is 4.93. The molecule has 66 valence electrons. The van der Waals surface area contributed by atoms with Gasteiger partial charge in [0.05, 0.1) is 6.04 Å². The molecular formula is C9H15N3. The van der Waals surface area contributed by atoms with Crippen LogP contribution in [-0.2, 0) is 0 Å². The second kappa shape index (κ2) is 2.88. The average Bonchev–Trinajstić information content (AvgIpc) is 2.83. The largest absolute Gasteiger partial charge is 0.250 e. The zero-order valence-corrected chi connectivity index (χ0v) is 7.70. The molecule has 1 atom stereocenters. The average molecular weight is 165 g/mol. The van der Waals surface area contributed by atoms with E-state index >= 15 is 0 Å². The second-order valence-electron chi connectivity index (χ2n) is 3.62. The first kappa shape index (κ1) is 7.77. The quantitative estimate of drug-likeness (QED) is 0.687. The van der Waals surface area contributed by atoms with Gasteiger partial charge in [0.25, 0.3) is 0 Å². The fraction of sp³-hybridized carbons (Fsp3) is 0.778. The van der Waals surface area contributed by atoms with Gasteiger partial charge < -0.3 is 0 Å². The topological polar surface area (TPSA) is 30.7 Å². The van der Waals surface area contributed by atoms with E-state index in [4.69, 9.17) is 0 Å². The molecule has 1 aliphatic rings. The molecule has 1 fully saturated rings. The summed E-state index contributed by atoms with van der Waals surface area (Å²) in [6.07, 6.45) is 5.56. The summed E-state index contributed by atoms with van der Waals surface area (Å²) in [5, 5.41) is 4.45. The molecule has 0 aliphatic heterocycles. The Labute approximate surface area is 72.8 Å². The van der Waals surface area contributed by atoms with Gasteiger partial charge in [0, 0.05) is 5.92 Å². The minimum Gasteiger partial charge on any atom is -0.250 e. The molecule has 0 N–H and O–H groups in total. The minimum atomic E-state index is 0.505. The van der Waals surface area contributed by atoms with Crippen LogP contribution < -0.4 is 0 Å². The molecule has 3 nitrogen and oxygen atoms in total. The van der Waals surface area contributed by atoms with E-state index in [9.17, 15) is 0 Å². The summed E-state index contributed by atoms with van der Waals surface area (Å²) in [6.45, 7) is 4.34. The number of hydrogen-bond acceptors (Lipinski definition) is 2. The normalized spacial score (nSPS) is 19.5. The summed E-state index contributed by atoms with van der Waals surface area (Å²) in [6, 6.07) is 0.662. The summed E-state index contributed by atoms with van der Waals surface area (Å²) >= 11 is 0. The van der Waals surface area contributed by atoms with E-state index in [-0.39, 0.29) is 0 Å². The van der Waals surface area contributed by atoms with Crippen molar-refractivity contribution >= 4 is 0 Å². The van der Waals surface area contributed by atoms with Crippen molar-refractivity contribution in [1.29, 1.82) is 0 Å². The molecule has 2 rings (SSSR count). The van der Waals surface area contributed by atoms with Crippen molar-refractivity contribution in [3.63, 3.8) is 0 Å². The van der Waals surface area contributed by atoms with Gasteiger partial charge in [-0.05, 0) is 19.3 Å². The summed E-state index contributed by atoms with van der Waals surface area (Å²) in [4.78, 5) is 4.30. The van der Waals surface area contributed by atoms with Gasteiger partial charge in [0.2, 0.25) is 0 Å². The maximum Gasteiger partial charge on any atom is 0.153 e. The molecule has 1 aromatic heterocycles. The van der Waals surface area contributed by atoms with Gasteiger partial charge >= 0.3 is 0 Å². The smallest absolute Gasteiger partial charge is 0.153 e.